The molecule has 0 atom stereocenters. The van der Waals surface area contributed by atoms with Gasteiger partial charge in [0, 0.05) is 41.6 Å². The molecule has 4 aromatic rings. The van der Waals surface area contributed by atoms with E-state index in [1.165, 1.54) is 6.33 Å². The Kier molecular flexibility index (Phi) is 4.82. The molecule has 0 unspecified atom stereocenters. The fraction of sp³-hybridized carbons (Fsp3) is 0.300. The maximum absolute atomic E-state index is 4.76. The van der Waals surface area contributed by atoms with Gasteiger partial charge in [0.1, 0.15) is 12.1 Å². The average molecular weight is 361 g/mol. The predicted molar refractivity (Wildman–Crippen MR) is 108 cm³/mol. The lowest BCUT2D eigenvalue weighted by Gasteiger charge is -2.13. The van der Waals surface area contributed by atoms with Gasteiger partial charge < -0.3 is 10.6 Å². The van der Waals surface area contributed by atoms with Gasteiger partial charge in [0.15, 0.2) is 0 Å². The molecule has 0 saturated heterocycles. The Bertz CT molecular complexity index is 1070. The molecule has 0 spiro atoms. The van der Waals surface area contributed by atoms with E-state index in [1.807, 2.05) is 25.1 Å². The molecule has 7 heteroatoms. The smallest absolute Gasteiger partial charge is 0.254 e. The molecule has 0 aliphatic carbocycles. The Labute approximate surface area is 157 Å². The predicted octanol–water partition coefficient (Wildman–Crippen LogP) is 3.46. The van der Waals surface area contributed by atoms with Crippen molar-refractivity contribution in [1.29, 1.82) is 0 Å². The number of nitrogens with one attached hydrogen (secondary N) is 2. The summed E-state index contributed by atoms with van der Waals surface area (Å²) in [5.41, 5.74) is 4.20. The van der Waals surface area contributed by atoms with Crippen LogP contribution in [0.15, 0.2) is 42.7 Å². The molecule has 0 bridgehead atoms. The van der Waals surface area contributed by atoms with Crippen LogP contribution in [0.2, 0.25) is 0 Å². The third-order valence-corrected chi connectivity index (χ3v) is 4.40. The number of para-hydroxylation sites is 1. The summed E-state index contributed by atoms with van der Waals surface area (Å²) in [5.74, 6) is 1.50. The zero-order chi connectivity index (χ0) is 18.6. The molecule has 3 aromatic heterocycles. The van der Waals surface area contributed by atoms with Gasteiger partial charge in [-0.2, -0.15) is 14.6 Å². The Morgan fingerprint density at radius 1 is 1.04 bits per heavy atom. The second kappa shape index (κ2) is 7.57. The number of anilines is 2. The minimum absolute atomic E-state index is 0.606. The highest BCUT2D eigenvalue weighted by Crippen LogP contribution is 2.23. The molecule has 138 valence electrons. The van der Waals surface area contributed by atoms with Crippen molar-refractivity contribution in [2.75, 3.05) is 23.7 Å². The first-order chi connectivity index (χ1) is 13.2. The fourth-order valence-electron chi connectivity index (χ4n) is 3.20. The summed E-state index contributed by atoms with van der Waals surface area (Å²) in [5, 5.41) is 12.3. The van der Waals surface area contributed by atoms with Crippen molar-refractivity contribution in [2.24, 2.45) is 0 Å². The number of nitrogens with zero attached hydrogens (tertiary/aromatic N) is 5. The van der Waals surface area contributed by atoms with E-state index in [0.29, 0.717) is 5.78 Å². The van der Waals surface area contributed by atoms with Crippen LogP contribution in [0.1, 0.15) is 24.7 Å². The third-order valence-electron chi connectivity index (χ3n) is 4.40. The topological polar surface area (TPSA) is 80.0 Å². The summed E-state index contributed by atoms with van der Waals surface area (Å²) in [6, 6.07) is 12.4. The molecular weight excluding hydrogens is 338 g/mol. The first kappa shape index (κ1) is 17.2. The Hall–Kier alpha value is -3.22. The highest BCUT2D eigenvalue weighted by atomic mass is 15.3. The van der Waals surface area contributed by atoms with Gasteiger partial charge in [0.25, 0.3) is 5.78 Å². The molecule has 0 saturated carbocycles. The van der Waals surface area contributed by atoms with Crippen molar-refractivity contribution in [2.45, 2.75) is 26.7 Å². The largest absolute Gasteiger partial charge is 0.383 e. The standard InChI is InChI=1S/C20H23N7/c1-3-6-15-12-18(16-7-4-5-8-17(16)26-15)21-9-10-22-19-11-14(2)25-20-23-13-24-27(19)20/h4-5,7-8,11-13,22H,3,6,9-10H2,1-2H3,(H,21,26). The van der Waals surface area contributed by atoms with E-state index in [0.717, 1.165) is 59.7 Å². The van der Waals surface area contributed by atoms with Crippen molar-refractivity contribution in [3.63, 3.8) is 0 Å². The molecule has 27 heavy (non-hydrogen) atoms. The lowest BCUT2D eigenvalue weighted by atomic mass is 10.1. The number of hydrogen-bond acceptors (Lipinski definition) is 6. The first-order valence-corrected chi connectivity index (χ1v) is 9.28. The maximum Gasteiger partial charge on any atom is 0.254 e. The molecule has 1 aromatic carbocycles. The first-order valence-electron chi connectivity index (χ1n) is 9.28. The second-order valence-electron chi connectivity index (χ2n) is 6.54. The monoisotopic (exact) mass is 361 g/mol. The van der Waals surface area contributed by atoms with Crippen molar-refractivity contribution in [3.8, 4) is 0 Å². The number of pyridine rings is 1. The molecule has 2 N–H and O–H groups in total. The van der Waals surface area contributed by atoms with E-state index in [4.69, 9.17) is 4.98 Å². The lowest BCUT2D eigenvalue weighted by molar-refractivity contribution is 0.889. The lowest BCUT2D eigenvalue weighted by Crippen LogP contribution is -2.16. The van der Waals surface area contributed by atoms with Crippen LogP contribution in [0.5, 0.6) is 0 Å². The Morgan fingerprint density at radius 2 is 1.89 bits per heavy atom. The maximum atomic E-state index is 4.76. The highest BCUT2D eigenvalue weighted by Gasteiger charge is 2.07. The highest BCUT2D eigenvalue weighted by molar-refractivity contribution is 5.91. The quantitative estimate of drug-likeness (QED) is 0.491. The van der Waals surface area contributed by atoms with Gasteiger partial charge >= 0.3 is 0 Å². The number of hydrogen-bond donors (Lipinski definition) is 2. The van der Waals surface area contributed by atoms with Crippen LogP contribution in [0, 0.1) is 6.92 Å². The molecular formula is C20H23N7. The normalized spacial score (nSPS) is 11.2. The van der Waals surface area contributed by atoms with Crippen LogP contribution in [-0.2, 0) is 6.42 Å². The minimum atomic E-state index is 0.606. The molecule has 0 fully saturated rings. The number of benzene rings is 1. The summed E-state index contributed by atoms with van der Waals surface area (Å²) < 4.78 is 1.72. The number of aromatic nitrogens is 5. The molecule has 0 aliphatic heterocycles. The summed E-state index contributed by atoms with van der Waals surface area (Å²) in [4.78, 5) is 13.3. The van der Waals surface area contributed by atoms with Crippen molar-refractivity contribution >= 4 is 28.2 Å². The average Bonchev–Trinajstić information content (AvgIpc) is 3.13. The minimum Gasteiger partial charge on any atom is -0.383 e. The van der Waals surface area contributed by atoms with Gasteiger partial charge in [-0.05, 0) is 25.5 Å². The van der Waals surface area contributed by atoms with Crippen molar-refractivity contribution in [1.82, 2.24) is 24.6 Å². The molecule has 0 aliphatic rings. The third kappa shape index (κ3) is 3.67. The zero-order valence-electron chi connectivity index (χ0n) is 15.6. The van der Waals surface area contributed by atoms with Gasteiger partial charge in [-0.1, -0.05) is 31.5 Å². The number of aryl methyl sites for hydroxylation is 2. The van der Waals surface area contributed by atoms with E-state index < -0.39 is 0 Å². The Morgan fingerprint density at radius 3 is 2.78 bits per heavy atom. The summed E-state index contributed by atoms with van der Waals surface area (Å²) in [7, 11) is 0. The SMILES string of the molecule is CCCc1cc(NCCNc2cc(C)nc3ncnn23)c2ccccc2n1. The van der Waals surface area contributed by atoms with Crippen LogP contribution in [0.4, 0.5) is 11.5 Å². The number of fused-ring (bicyclic) bond motifs is 2. The second-order valence-corrected chi connectivity index (χ2v) is 6.54. The van der Waals surface area contributed by atoms with E-state index in [1.54, 1.807) is 4.52 Å². The van der Waals surface area contributed by atoms with Gasteiger partial charge in [0.05, 0.1) is 5.52 Å². The molecule has 0 amide bonds. The van der Waals surface area contributed by atoms with Gasteiger partial charge in [-0.25, -0.2) is 4.98 Å². The van der Waals surface area contributed by atoms with Crippen LogP contribution < -0.4 is 10.6 Å². The summed E-state index contributed by atoms with van der Waals surface area (Å²) in [6.07, 6.45) is 3.59. The van der Waals surface area contributed by atoms with E-state index in [2.05, 4.69) is 50.8 Å². The van der Waals surface area contributed by atoms with Gasteiger partial charge in [0.2, 0.25) is 0 Å². The summed E-state index contributed by atoms with van der Waals surface area (Å²) >= 11 is 0. The molecule has 7 nitrogen and oxygen atoms in total. The van der Waals surface area contributed by atoms with Crippen LogP contribution in [0.3, 0.4) is 0 Å². The van der Waals surface area contributed by atoms with Gasteiger partial charge in [-0.15, -0.1) is 0 Å². The van der Waals surface area contributed by atoms with E-state index in [9.17, 15) is 0 Å². The summed E-state index contributed by atoms with van der Waals surface area (Å²) in [6.45, 7) is 5.65. The van der Waals surface area contributed by atoms with E-state index in [-0.39, 0.29) is 0 Å². The van der Waals surface area contributed by atoms with Crippen LogP contribution >= 0.6 is 0 Å². The van der Waals surface area contributed by atoms with Gasteiger partial charge in [-0.3, -0.25) is 4.98 Å². The van der Waals surface area contributed by atoms with E-state index >= 15 is 0 Å². The number of rotatable bonds is 7. The molecule has 0 radical (unpaired) electrons. The molecule has 3 heterocycles. The molecule has 4 rings (SSSR count). The van der Waals surface area contributed by atoms with Crippen molar-refractivity contribution in [3.05, 3.63) is 54.1 Å². The van der Waals surface area contributed by atoms with Crippen molar-refractivity contribution < 1.29 is 0 Å². The van der Waals surface area contributed by atoms with Crippen LogP contribution in [-0.4, -0.2) is 37.7 Å². The Balaban J connectivity index is 1.48. The zero-order valence-corrected chi connectivity index (χ0v) is 15.6. The van der Waals surface area contributed by atoms with Crippen LogP contribution in [0.25, 0.3) is 16.7 Å². The fourth-order valence-corrected chi connectivity index (χ4v) is 3.20.